The van der Waals surface area contributed by atoms with Gasteiger partial charge in [-0.3, -0.25) is 4.90 Å². The molecule has 1 aliphatic rings. The zero-order chi connectivity index (χ0) is 14.5. The van der Waals surface area contributed by atoms with Gasteiger partial charge in [-0.15, -0.1) is 0 Å². The van der Waals surface area contributed by atoms with Gasteiger partial charge in [-0.1, -0.05) is 13.0 Å². The zero-order valence-corrected chi connectivity index (χ0v) is 13.3. The molecule has 0 amide bonds. The van der Waals surface area contributed by atoms with E-state index in [2.05, 4.69) is 38.7 Å². The van der Waals surface area contributed by atoms with Gasteiger partial charge >= 0.3 is 0 Å². The Kier molecular flexibility index (Phi) is 5.41. The van der Waals surface area contributed by atoms with Crippen LogP contribution in [-0.4, -0.2) is 47.6 Å². The van der Waals surface area contributed by atoms with Crippen LogP contribution in [0.5, 0.6) is 5.75 Å². The van der Waals surface area contributed by atoms with E-state index < -0.39 is 0 Å². The second-order valence-electron chi connectivity index (χ2n) is 5.12. The van der Waals surface area contributed by atoms with Crippen LogP contribution in [0.2, 0.25) is 0 Å². The number of benzene rings is 1. The fourth-order valence-electron chi connectivity index (χ4n) is 2.62. The number of rotatable bonds is 4. The van der Waals surface area contributed by atoms with Gasteiger partial charge < -0.3 is 10.0 Å². The maximum atomic E-state index is 9.55. The molecule has 2 rings (SSSR count). The average Bonchev–Trinajstić information content (AvgIpc) is 2.46. The fourth-order valence-corrected chi connectivity index (χ4v) is 3.02. The minimum absolute atomic E-state index is 0.207. The summed E-state index contributed by atoms with van der Waals surface area (Å²) in [5, 5.41) is 19.0. The Morgan fingerprint density at radius 2 is 2.05 bits per heavy atom. The highest BCUT2D eigenvalue weighted by atomic mass is 79.9. The molecule has 4 nitrogen and oxygen atoms in total. The first-order valence-electron chi connectivity index (χ1n) is 7.00. The Labute approximate surface area is 128 Å². The Morgan fingerprint density at radius 3 is 2.60 bits per heavy atom. The van der Waals surface area contributed by atoms with E-state index >= 15 is 0 Å². The van der Waals surface area contributed by atoms with Crippen molar-refractivity contribution < 1.29 is 5.11 Å². The van der Waals surface area contributed by atoms with E-state index in [1.165, 1.54) is 6.42 Å². The third kappa shape index (κ3) is 3.51. The van der Waals surface area contributed by atoms with Gasteiger partial charge in [-0.25, -0.2) is 0 Å². The molecule has 0 saturated carbocycles. The number of phenols is 1. The number of hydrogen-bond donors (Lipinski definition) is 1. The molecule has 1 atom stereocenters. The summed E-state index contributed by atoms with van der Waals surface area (Å²) in [7, 11) is 0. The topological polar surface area (TPSA) is 50.5 Å². The number of aromatic hydroxyl groups is 1. The summed E-state index contributed by atoms with van der Waals surface area (Å²) in [6, 6.07) is 7.44. The van der Waals surface area contributed by atoms with Crippen molar-refractivity contribution in [1.29, 1.82) is 5.26 Å². The van der Waals surface area contributed by atoms with E-state index in [1.807, 2.05) is 12.1 Å². The molecule has 1 heterocycles. The van der Waals surface area contributed by atoms with Gasteiger partial charge in [0, 0.05) is 26.2 Å². The maximum absolute atomic E-state index is 9.55. The SMILES string of the molecule is CCCN1CCN(C(C#N)c2ccc(O)c(Br)c2)CC1. The zero-order valence-electron chi connectivity index (χ0n) is 11.7. The van der Waals surface area contributed by atoms with Crippen LogP contribution in [-0.2, 0) is 0 Å². The molecule has 0 bridgehead atoms. The summed E-state index contributed by atoms with van der Waals surface area (Å²) in [4.78, 5) is 4.66. The van der Waals surface area contributed by atoms with E-state index in [4.69, 9.17) is 0 Å². The molecule has 1 fully saturated rings. The largest absolute Gasteiger partial charge is 0.507 e. The summed E-state index contributed by atoms with van der Waals surface area (Å²) in [5.41, 5.74) is 0.932. The second-order valence-corrected chi connectivity index (χ2v) is 5.97. The van der Waals surface area contributed by atoms with E-state index in [9.17, 15) is 10.4 Å². The summed E-state index contributed by atoms with van der Waals surface area (Å²) in [6.45, 7) is 7.19. The Morgan fingerprint density at radius 1 is 1.35 bits per heavy atom. The molecule has 0 spiro atoms. The molecule has 1 saturated heterocycles. The Bertz CT molecular complexity index is 492. The van der Waals surface area contributed by atoms with E-state index in [1.54, 1.807) is 6.07 Å². The van der Waals surface area contributed by atoms with E-state index in [-0.39, 0.29) is 11.8 Å². The number of nitriles is 1. The molecular weight excluding hydrogens is 318 g/mol. The first-order chi connectivity index (χ1) is 9.65. The van der Waals surface area contributed by atoms with Gasteiger partial charge in [0.05, 0.1) is 10.5 Å². The lowest BCUT2D eigenvalue weighted by molar-refractivity contribution is 0.114. The van der Waals surface area contributed by atoms with Crippen molar-refractivity contribution in [3.8, 4) is 11.8 Å². The minimum Gasteiger partial charge on any atom is -0.507 e. The summed E-state index contributed by atoms with van der Waals surface area (Å²) < 4.78 is 0.639. The van der Waals surface area contributed by atoms with Crippen LogP contribution in [0.4, 0.5) is 0 Å². The summed E-state index contributed by atoms with van der Waals surface area (Å²) in [6.07, 6.45) is 1.17. The van der Waals surface area contributed by atoms with Crippen LogP contribution in [0.15, 0.2) is 22.7 Å². The van der Waals surface area contributed by atoms with Crippen molar-refractivity contribution in [1.82, 2.24) is 9.80 Å². The first kappa shape index (κ1) is 15.3. The number of hydrogen-bond acceptors (Lipinski definition) is 4. The van der Waals surface area contributed by atoms with Crippen LogP contribution in [0, 0.1) is 11.3 Å². The molecular formula is C15H20BrN3O. The Balaban J connectivity index is 2.06. The van der Waals surface area contributed by atoms with Gasteiger partial charge in [-0.2, -0.15) is 5.26 Å². The smallest absolute Gasteiger partial charge is 0.129 e. The molecule has 1 unspecified atom stereocenters. The predicted octanol–water partition coefficient (Wildman–Crippen LogP) is 2.75. The Hall–Kier alpha value is -1.09. The molecule has 20 heavy (non-hydrogen) atoms. The van der Waals surface area contributed by atoms with Crippen LogP contribution in [0.1, 0.15) is 24.9 Å². The molecule has 0 radical (unpaired) electrons. The lowest BCUT2D eigenvalue weighted by atomic mass is 10.1. The van der Waals surface area contributed by atoms with Gasteiger partial charge in [0.15, 0.2) is 0 Å². The van der Waals surface area contributed by atoms with Crippen LogP contribution >= 0.6 is 15.9 Å². The lowest BCUT2D eigenvalue weighted by Gasteiger charge is -2.36. The van der Waals surface area contributed by atoms with Crippen molar-refractivity contribution >= 4 is 15.9 Å². The van der Waals surface area contributed by atoms with Crippen LogP contribution in [0.3, 0.4) is 0 Å². The molecule has 108 valence electrons. The third-order valence-corrected chi connectivity index (χ3v) is 4.36. The highest BCUT2D eigenvalue weighted by Crippen LogP contribution is 2.29. The van der Waals surface area contributed by atoms with Gasteiger partial charge in [0.2, 0.25) is 0 Å². The quantitative estimate of drug-likeness (QED) is 0.917. The van der Waals surface area contributed by atoms with Crippen molar-refractivity contribution in [3.05, 3.63) is 28.2 Å². The summed E-state index contributed by atoms with van der Waals surface area (Å²) >= 11 is 3.31. The second kappa shape index (κ2) is 7.07. The van der Waals surface area contributed by atoms with Crippen LogP contribution in [0.25, 0.3) is 0 Å². The van der Waals surface area contributed by atoms with Crippen molar-refractivity contribution in [2.24, 2.45) is 0 Å². The molecule has 5 heteroatoms. The normalized spacial score (nSPS) is 18.6. The molecule has 0 aromatic heterocycles. The number of phenolic OH excluding ortho intramolecular Hbond substituents is 1. The van der Waals surface area contributed by atoms with Crippen molar-refractivity contribution in [2.45, 2.75) is 19.4 Å². The van der Waals surface area contributed by atoms with Crippen LogP contribution < -0.4 is 0 Å². The number of nitrogens with zero attached hydrogens (tertiary/aromatic N) is 3. The highest BCUT2D eigenvalue weighted by molar-refractivity contribution is 9.10. The molecule has 1 N–H and O–H groups in total. The van der Waals surface area contributed by atoms with Gasteiger partial charge in [0.1, 0.15) is 11.8 Å². The predicted molar refractivity (Wildman–Crippen MR) is 82.5 cm³/mol. The van der Waals surface area contributed by atoms with Crippen molar-refractivity contribution in [3.63, 3.8) is 0 Å². The maximum Gasteiger partial charge on any atom is 0.129 e. The van der Waals surface area contributed by atoms with Gasteiger partial charge in [-0.05, 0) is 46.6 Å². The highest BCUT2D eigenvalue weighted by Gasteiger charge is 2.24. The molecule has 1 aliphatic heterocycles. The fraction of sp³-hybridized carbons (Fsp3) is 0.533. The number of piperazine rings is 1. The van der Waals surface area contributed by atoms with E-state index in [0.29, 0.717) is 4.47 Å². The lowest BCUT2D eigenvalue weighted by Crippen LogP contribution is -2.47. The standard InChI is InChI=1S/C15H20BrN3O/c1-2-5-18-6-8-19(9-7-18)14(11-17)12-3-4-15(20)13(16)10-12/h3-4,10,14,20H,2,5-9H2,1H3. The molecule has 1 aromatic carbocycles. The van der Waals surface area contributed by atoms with E-state index in [0.717, 1.165) is 38.3 Å². The van der Waals surface area contributed by atoms with Crippen molar-refractivity contribution in [2.75, 3.05) is 32.7 Å². The minimum atomic E-state index is -0.240. The third-order valence-electron chi connectivity index (χ3n) is 3.72. The molecule has 1 aromatic rings. The first-order valence-corrected chi connectivity index (χ1v) is 7.79. The monoisotopic (exact) mass is 337 g/mol. The average molecular weight is 338 g/mol. The summed E-state index contributed by atoms with van der Waals surface area (Å²) in [5.74, 6) is 0.207. The number of halogens is 1. The molecule has 0 aliphatic carbocycles. The van der Waals surface area contributed by atoms with Gasteiger partial charge in [0.25, 0.3) is 0 Å².